The molecule has 0 atom stereocenters. The van der Waals surface area contributed by atoms with Crippen molar-refractivity contribution in [3.63, 3.8) is 0 Å². The van der Waals surface area contributed by atoms with Crippen LogP contribution in [-0.2, 0) is 21.7 Å². The van der Waals surface area contributed by atoms with Gasteiger partial charge in [-0.2, -0.15) is 0 Å². The Morgan fingerprint density at radius 3 is 0.634 bits per heavy atom. The third kappa shape index (κ3) is 13.3. The molecule has 112 heavy (non-hydrogen) atoms. The van der Waals surface area contributed by atoms with E-state index < -0.39 is 23.6 Å². The SMILES string of the molecule is CC(C)(C)CC(C)(C)c1ccc(Oc2cc3c4c(cc(Oc5ccc(C(C)(C)CC(C)(C)C)cc5)c5c6ccc7c8c(Oc9ccc(C(C)(C)CC(C)(C)C)cc9)cc9c%10c(cc(Oc%11ccc(C(C)(C)CC(C)(C)C)cc%11)c(c%11ccc(c2c45)c6c%117)c%108)C(=O)N(c2ccccc2)C9=O)C(=O)N(c2ccccc2)C3=O)cc1. The van der Waals surface area contributed by atoms with Gasteiger partial charge in [0.05, 0.1) is 33.6 Å². The van der Waals surface area contributed by atoms with Crippen LogP contribution in [0.1, 0.15) is 228 Å². The van der Waals surface area contributed by atoms with Crippen LogP contribution in [-0.4, -0.2) is 23.6 Å². The first kappa shape index (κ1) is 75.0. The van der Waals surface area contributed by atoms with Gasteiger partial charge in [0.25, 0.3) is 23.6 Å². The average Bonchev–Trinajstić information content (AvgIpc) is 0.671. The van der Waals surface area contributed by atoms with Crippen LogP contribution in [0.25, 0.3) is 75.4 Å². The number of anilines is 2. The van der Waals surface area contributed by atoms with Gasteiger partial charge in [0.2, 0.25) is 0 Å². The molecule has 0 aliphatic carbocycles. The van der Waals surface area contributed by atoms with E-state index in [9.17, 15) is 0 Å². The molecule has 14 aromatic rings. The first-order valence-corrected chi connectivity index (χ1v) is 39.6. The number of hydrogen-bond acceptors (Lipinski definition) is 8. The molecule has 0 unspecified atom stereocenters. The lowest BCUT2D eigenvalue weighted by atomic mass is 9.72. The van der Waals surface area contributed by atoms with Crippen molar-refractivity contribution in [1.29, 1.82) is 0 Å². The van der Waals surface area contributed by atoms with Crippen molar-refractivity contribution in [2.75, 3.05) is 9.80 Å². The maximum Gasteiger partial charge on any atom is 0.266 e. The number of carbonyl (C=O) groups excluding carboxylic acids is 4. The summed E-state index contributed by atoms with van der Waals surface area (Å²) in [6, 6.07) is 67.2. The van der Waals surface area contributed by atoms with Gasteiger partial charge in [0, 0.05) is 43.1 Å². The van der Waals surface area contributed by atoms with Crippen molar-refractivity contribution in [2.45, 2.75) is 186 Å². The molecular formula is C102H102N2O8. The van der Waals surface area contributed by atoms with Crippen molar-refractivity contribution in [1.82, 2.24) is 0 Å². The van der Waals surface area contributed by atoms with E-state index in [1.165, 1.54) is 9.80 Å². The minimum atomic E-state index is -0.490. The number of carbonyl (C=O) groups is 4. The van der Waals surface area contributed by atoms with Crippen molar-refractivity contribution in [2.24, 2.45) is 21.7 Å². The van der Waals surface area contributed by atoms with Crippen molar-refractivity contribution >= 4 is 110 Å². The van der Waals surface area contributed by atoms with Gasteiger partial charge in [-0.15, -0.1) is 0 Å². The highest BCUT2D eigenvalue weighted by atomic mass is 16.5. The molecule has 14 aromatic carbocycles. The van der Waals surface area contributed by atoms with Gasteiger partial charge in [-0.05, 0) is 221 Å². The molecule has 0 radical (unpaired) electrons. The Morgan fingerprint density at radius 1 is 0.232 bits per heavy atom. The van der Waals surface area contributed by atoms with Crippen LogP contribution in [0.4, 0.5) is 11.4 Å². The smallest absolute Gasteiger partial charge is 0.266 e. The maximum atomic E-state index is 15.9. The third-order valence-corrected chi connectivity index (χ3v) is 23.0. The number of para-hydroxylation sites is 2. The summed E-state index contributed by atoms with van der Waals surface area (Å²) in [4.78, 5) is 66.0. The number of nitrogens with zero attached hydrogens (tertiary/aromatic N) is 2. The number of hydrogen-bond donors (Lipinski definition) is 0. The van der Waals surface area contributed by atoms with Crippen LogP contribution in [0.3, 0.4) is 0 Å². The largest absolute Gasteiger partial charge is 0.457 e. The Balaban J connectivity index is 1.04. The second-order valence-electron chi connectivity index (χ2n) is 39.3. The summed E-state index contributed by atoms with van der Waals surface area (Å²) in [5.74, 6) is 1.84. The summed E-state index contributed by atoms with van der Waals surface area (Å²) in [5, 5.41) is 9.61. The fraction of sp³-hybridized carbons (Fsp3) is 0.314. The number of benzene rings is 14. The number of fused-ring (bicyclic) bond motifs is 4. The molecule has 0 bridgehead atoms. The molecule has 2 aliphatic rings. The van der Waals surface area contributed by atoms with Gasteiger partial charge < -0.3 is 18.9 Å². The van der Waals surface area contributed by atoms with E-state index in [1.54, 1.807) is 24.3 Å². The van der Waals surface area contributed by atoms with Crippen molar-refractivity contribution in [3.05, 3.63) is 251 Å². The van der Waals surface area contributed by atoms with E-state index in [2.05, 4.69) is 211 Å². The summed E-state index contributed by atoms with van der Waals surface area (Å²) in [5.41, 5.74) is 6.23. The number of rotatable bonds is 18. The Bertz CT molecular complexity index is 5440. The topological polar surface area (TPSA) is 112 Å². The van der Waals surface area contributed by atoms with Crippen LogP contribution in [0.15, 0.2) is 206 Å². The Morgan fingerprint density at radius 2 is 0.438 bits per heavy atom. The van der Waals surface area contributed by atoms with Crippen LogP contribution < -0.4 is 28.7 Å². The van der Waals surface area contributed by atoms with E-state index in [0.717, 1.165) is 80.3 Å². The quantitative estimate of drug-likeness (QED) is 0.0474. The zero-order valence-electron chi connectivity index (χ0n) is 68.6. The molecule has 16 rings (SSSR count). The predicted molar refractivity (Wildman–Crippen MR) is 461 cm³/mol. The summed E-state index contributed by atoms with van der Waals surface area (Å²) >= 11 is 0. The lowest BCUT2D eigenvalue weighted by Gasteiger charge is -2.33. The fourth-order valence-corrected chi connectivity index (χ4v) is 20.0. The second kappa shape index (κ2) is 26.3. The Kier molecular flexibility index (Phi) is 17.6. The molecular weight excluding hydrogens is 1380 g/mol. The van der Waals surface area contributed by atoms with E-state index in [4.69, 9.17) is 18.9 Å². The Hall–Kier alpha value is -11.1. The normalized spacial score (nSPS) is 14.2. The summed E-state index contributed by atoms with van der Waals surface area (Å²) in [7, 11) is 0. The summed E-state index contributed by atoms with van der Waals surface area (Å²) in [6.45, 7) is 45.5. The molecule has 10 heteroatoms. The van der Waals surface area contributed by atoms with Gasteiger partial charge >= 0.3 is 0 Å². The van der Waals surface area contributed by atoms with E-state index in [1.807, 2.05) is 109 Å². The molecule has 2 heterocycles. The minimum absolute atomic E-state index is 0.0598. The molecule has 0 spiro atoms. The molecule has 0 aromatic heterocycles. The van der Waals surface area contributed by atoms with Crippen LogP contribution >= 0.6 is 0 Å². The van der Waals surface area contributed by atoms with Crippen LogP contribution in [0.5, 0.6) is 46.0 Å². The molecule has 2 aliphatic heterocycles. The first-order valence-electron chi connectivity index (χ1n) is 39.6. The van der Waals surface area contributed by atoms with Crippen LogP contribution in [0, 0.1) is 21.7 Å². The van der Waals surface area contributed by atoms with Crippen molar-refractivity contribution < 1.29 is 38.1 Å². The molecule has 10 nitrogen and oxygen atoms in total. The van der Waals surface area contributed by atoms with Crippen LogP contribution in [0.2, 0.25) is 0 Å². The predicted octanol–water partition coefficient (Wildman–Crippen LogP) is 28.3. The molecule has 0 saturated heterocycles. The number of imide groups is 2. The monoisotopic (exact) mass is 1480 g/mol. The molecule has 568 valence electrons. The standard InChI is InChI=1S/C102H102N2O8/c1-95(2,3)55-99(13,14)59-31-39-65(40-32-59)109-77-51-73-83-74(92(106)103(91(73)105)63-27-23-21-24-28-63)52-78(110-66-41-33-60(34-42-66)100(15,16)56-96(4,5)6)86-70-49-50-72-82-71(48-47-69(81(70)82)85(77)89(83)86)87-79(111-67-43-35-61(36-44-67)101(17,18)57-97(7,8)9)53-75-84-76(94(108)104(93(75)107)64-29-25-22-26-30-64)54-80(88(72)90(84)87)112-68-45-37-62(38-46-68)102(19,20)58-98(10,11)12/h21-54H,55-58H2,1-20H3. The highest BCUT2D eigenvalue weighted by Crippen LogP contribution is 2.59. The molecule has 0 saturated carbocycles. The van der Waals surface area contributed by atoms with E-state index in [-0.39, 0.29) is 43.3 Å². The van der Waals surface area contributed by atoms with E-state index >= 15 is 19.2 Å². The second-order valence-corrected chi connectivity index (χ2v) is 39.3. The maximum absolute atomic E-state index is 15.9. The van der Waals surface area contributed by atoms with Gasteiger partial charge in [0.1, 0.15) is 46.0 Å². The highest BCUT2D eigenvalue weighted by Gasteiger charge is 2.42. The highest BCUT2D eigenvalue weighted by molar-refractivity contribution is 6.49. The number of amides is 4. The first-order chi connectivity index (χ1) is 52.6. The lowest BCUT2D eigenvalue weighted by Crippen LogP contribution is -2.40. The van der Waals surface area contributed by atoms with Gasteiger partial charge in [-0.25, -0.2) is 9.80 Å². The molecule has 4 amide bonds. The summed E-state index contributed by atoms with van der Waals surface area (Å²) < 4.78 is 29.8. The zero-order valence-corrected chi connectivity index (χ0v) is 68.6. The fourth-order valence-electron chi connectivity index (χ4n) is 20.0. The Labute approximate surface area is 658 Å². The zero-order chi connectivity index (χ0) is 79.6. The van der Waals surface area contributed by atoms with Gasteiger partial charge in [-0.1, -0.05) is 248 Å². The minimum Gasteiger partial charge on any atom is -0.457 e. The summed E-state index contributed by atoms with van der Waals surface area (Å²) in [6.07, 6.45) is 3.77. The third-order valence-electron chi connectivity index (χ3n) is 23.0. The number of ether oxygens (including phenoxy) is 4. The average molecular weight is 1480 g/mol. The molecule has 0 N–H and O–H groups in total. The van der Waals surface area contributed by atoms with Gasteiger partial charge in [0.15, 0.2) is 0 Å². The molecule has 0 fully saturated rings. The lowest BCUT2D eigenvalue weighted by molar-refractivity contribution is 0.0877. The van der Waals surface area contributed by atoms with Crippen molar-refractivity contribution in [3.8, 4) is 46.0 Å². The van der Waals surface area contributed by atoms with Gasteiger partial charge in [-0.3, -0.25) is 19.2 Å². The van der Waals surface area contributed by atoms with E-state index in [0.29, 0.717) is 123 Å².